The maximum Gasteiger partial charge on any atom is 0.331 e. The van der Waals surface area contributed by atoms with Gasteiger partial charge in [0.15, 0.2) is 6.61 Å². The fraction of sp³-hybridized carbons (Fsp3) is 0.370. The van der Waals surface area contributed by atoms with Crippen LogP contribution in [0.15, 0.2) is 36.4 Å². The van der Waals surface area contributed by atoms with E-state index in [2.05, 4.69) is 36.3 Å². The predicted octanol–water partition coefficient (Wildman–Crippen LogP) is 4.36. The molecular formula is C27H33N3O4. The Hall–Kier alpha value is -3.45. The number of ketones is 1. The van der Waals surface area contributed by atoms with Crippen LogP contribution in [0.25, 0.3) is 6.08 Å². The maximum absolute atomic E-state index is 12.6. The molecule has 0 aliphatic heterocycles. The van der Waals surface area contributed by atoms with E-state index in [1.807, 2.05) is 43.0 Å². The predicted molar refractivity (Wildman–Crippen MR) is 132 cm³/mol. The monoisotopic (exact) mass is 463 g/mol. The highest BCUT2D eigenvalue weighted by Crippen LogP contribution is 2.18. The van der Waals surface area contributed by atoms with Crippen molar-refractivity contribution in [2.45, 2.75) is 47.7 Å². The first kappa shape index (κ1) is 25.2. The number of hydrogen-bond acceptors (Lipinski definition) is 5. The molecule has 2 aromatic heterocycles. The number of methoxy groups -OCH3 is 1. The summed E-state index contributed by atoms with van der Waals surface area (Å²) >= 11 is 0. The van der Waals surface area contributed by atoms with Crippen LogP contribution in [-0.2, 0) is 27.4 Å². The van der Waals surface area contributed by atoms with Crippen molar-refractivity contribution < 1.29 is 19.1 Å². The Kier molecular flexibility index (Phi) is 8.23. The van der Waals surface area contributed by atoms with Gasteiger partial charge in [-0.05, 0) is 52.3 Å². The van der Waals surface area contributed by atoms with Gasteiger partial charge in [0, 0.05) is 47.9 Å². The van der Waals surface area contributed by atoms with Crippen molar-refractivity contribution in [3.8, 4) is 0 Å². The van der Waals surface area contributed by atoms with E-state index in [0.717, 1.165) is 33.9 Å². The Morgan fingerprint density at radius 2 is 1.74 bits per heavy atom. The second kappa shape index (κ2) is 11.1. The van der Waals surface area contributed by atoms with Gasteiger partial charge in [-0.2, -0.15) is 5.10 Å². The van der Waals surface area contributed by atoms with E-state index in [1.165, 1.54) is 11.6 Å². The zero-order valence-electron chi connectivity index (χ0n) is 20.8. The number of rotatable bonds is 10. The lowest BCUT2D eigenvalue weighted by Gasteiger charge is -2.08. The molecule has 0 radical (unpaired) electrons. The zero-order chi connectivity index (χ0) is 24.8. The van der Waals surface area contributed by atoms with Gasteiger partial charge in [0.25, 0.3) is 0 Å². The first-order valence-corrected chi connectivity index (χ1v) is 11.3. The molecule has 7 heteroatoms. The molecule has 0 saturated carbocycles. The Morgan fingerprint density at radius 1 is 1.03 bits per heavy atom. The Balaban J connectivity index is 1.61. The number of nitrogens with zero attached hydrogens (tertiary/aromatic N) is 3. The topological polar surface area (TPSA) is 75.3 Å². The van der Waals surface area contributed by atoms with Gasteiger partial charge in [0.1, 0.15) is 0 Å². The van der Waals surface area contributed by atoms with Crippen molar-refractivity contribution in [1.29, 1.82) is 0 Å². The second-order valence-corrected chi connectivity index (χ2v) is 8.52. The van der Waals surface area contributed by atoms with Crippen LogP contribution < -0.4 is 0 Å². The number of aryl methyl sites for hydroxylation is 3. The van der Waals surface area contributed by atoms with Crippen LogP contribution in [0.4, 0.5) is 0 Å². The molecular weight excluding hydrogens is 430 g/mol. The van der Waals surface area contributed by atoms with Crippen LogP contribution >= 0.6 is 0 Å². The summed E-state index contributed by atoms with van der Waals surface area (Å²) in [5, 5.41) is 4.61. The van der Waals surface area contributed by atoms with Crippen LogP contribution in [-0.4, -0.2) is 46.4 Å². The van der Waals surface area contributed by atoms with Gasteiger partial charge in [-0.25, -0.2) is 4.79 Å². The van der Waals surface area contributed by atoms with Crippen molar-refractivity contribution in [3.63, 3.8) is 0 Å². The molecule has 0 unspecified atom stereocenters. The minimum Gasteiger partial charge on any atom is -0.454 e. The second-order valence-electron chi connectivity index (χ2n) is 8.52. The molecule has 1 aromatic carbocycles. The van der Waals surface area contributed by atoms with Gasteiger partial charge >= 0.3 is 5.97 Å². The van der Waals surface area contributed by atoms with Crippen LogP contribution in [0.1, 0.15) is 49.8 Å². The lowest BCUT2D eigenvalue weighted by atomic mass is 10.1. The first-order chi connectivity index (χ1) is 16.2. The molecule has 7 nitrogen and oxygen atoms in total. The third kappa shape index (κ3) is 5.91. The van der Waals surface area contributed by atoms with Gasteiger partial charge < -0.3 is 14.0 Å². The smallest absolute Gasteiger partial charge is 0.331 e. The van der Waals surface area contributed by atoms with Crippen molar-refractivity contribution in [1.82, 2.24) is 14.3 Å². The average Bonchev–Trinajstić information content (AvgIpc) is 3.24. The third-order valence-corrected chi connectivity index (χ3v) is 6.02. The lowest BCUT2D eigenvalue weighted by molar-refractivity contribution is -0.136. The molecule has 0 spiro atoms. The molecule has 34 heavy (non-hydrogen) atoms. The van der Waals surface area contributed by atoms with Crippen LogP contribution in [0.2, 0.25) is 0 Å². The minimum absolute atomic E-state index is 0.225. The summed E-state index contributed by atoms with van der Waals surface area (Å²) in [7, 11) is 1.64. The number of esters is 1. The summed E-state index contributed by atoms with van der Waals surface area (Å²) in [6.07, 6.45) is 3.05. The number of Topliss-reactive ketones (excluding diaryl/α,β-unsaturated/α-hetero) is 1. The van der Waals surface area contributed by atoms with Gasteiger partial charge in [0.05, 0.1) is 18.8 Å². The highest BCUT2D eigenvalue weighted by molar-refractivity contribution is 6.00. The Morgan fingerprint density at radius 3 is 2.41 bits per heavy atom. The van der Waals surface area contributed by atoms with Crippen LogP contribution in [0.5, 0.6) is 0 Å². The molecule has 3 aromatic rings. The van der Waals surface area contributed by atoms with Crippen molar-refractivity contribution >= 4 is 17.8 Å². The van der Waals surface area contributed by atoms with E-state index in [1.54, 1.807) is 13.2 Å². The maximum atomic E-state index is 12.6. The van der Waals surface area contributed by atoms with Gasteiger partial charge in [-0.3, -0.25) is 9.48 Å². The van der Waals surface area contributed by atoms with E-state index < -0.39 is 5.97 Å². The van der Waals surface area contributed by atoms with Gasteiger partial charge in [-0.15, -0.1) is 0 Å². The number of carbonyl (C=O) groups is 2. The quantitative estimate of drug-likeness (QED) is 0.254. The number of ether oxygens (including phenoxy) is 2. The Labute approximate surface area is 201 Å². The molecule has 0 N–H and O–H groups in total. The van der Waals surface area contributed by atoms with E-state index in [0.29, 0.717) is 25.3 Å². The summed E-state index contributed by atoms with van der Waals surface area (Å²) in [5.41, 5.74) is 7.41. The normalized spacial score (nSPS) is 11.4. The van der Waals surface area contributed by atoms with Crippen molar-refractivity contribution in [2.75, 3.05) is 20.3 Å². The number of aromatic nitrogens is 3. The molecule has 0 aliphatic carbocycles. The highest BCUT2D eigenvalue weighted by Gasteiger charge is 2.17. The average molecular weight is 464 g/mol. The molecule has 0 amide bonds. The number of benzene rings is 1. The molecule has 0 atom stereocenters. The third-order valence-electron chi connectivity index (χ3n) is 6.02. The van der Waals surface area contributed by atoms with Crippen LogP contribution in [0, 0.1) is 34.6 Å². The molecule has 2 heterocycles. The summed E-state index contributed by atoms with van der Waals surface area (Å²) in [5.74, 6) is -0.788. The van der Waals surface area contributed by atoms with E-state index in [9.17, 15) is 9.59 Å². The van der Waals surface area contributed by atoms with E-state index >= 15 is 0 Å². The van der Waals surface area contributed by atoms with Crippen molar-refractivity contribution in [2.24, 2.45) is 0 Å². The van der Waals surface area contributed by atoms with Gasteiger partial charge in [0.2, 0.25) is 5.78 Å². The summed E-state index contributed by atoms with van der Waals surface area (Å²) in [4.78, 5) is 24.9. The molecule has 3 rings (SSSR count). The van der Waals surface area contributed by atoms with E-state index in [4.69, 9.17) is 9.47 Å². The molecule has 0 saturated heterocycles. The minimum atomic E-state index is -0.563. The highest BCUT2D eigenvalue weighted by atomic mass is 16.5. The van der Waals surface area contributed by atoms with Crippen molar-refractivity contribution in [3.05, 3.63) is 81.4 Å². The molecule has 180 valence electrons. The van der Waals surface area contributed by atoms with Crippen LogP contribution in [0.3, 0.4) is 0 Å². The zero-order valence-corrected chi connectivity index (χ0v) is 20.8. The fourth-order valence-electron chi connectivity index (χ4n) is 4.00. The molecule has 0 aliphatic rings. The lowest BCUT2D eigenvalue weighted by Crippen LogP contribution is -2.14. The largest absolute Gasteiger partial charge is 0.454 e. The summed E-state index contributed by atoms with van der Waals surface area (Å²) in [6.45, 7) is 11.4. The standard InChI is InChI=1S/C27H33N3O4/c1-18-7-9-23(10-8-18)16-30-22(5)24(20(3)28-30)11-12-27(32)34-17-26(31)25-15-19(2)29(21(25)4)13-14-33-6/h7-12,15H,13-14,16-17H2,1-6H3/b12-11+. The first-order valence-electron chi connectivity index (χ1n) is 11.3. The fourth-order valence-corrected chi connectivity index (χ4v) is 4.00. The summed E-state index contributed by atoms with van der Waals surface area (Å²) in [6, 6.07) is 10.2. The van der Waals surface area contributed by atoms with Gasteiger partial charge in [-0.1, -0.05) is 29.8 Å². The number of carbonyl (C=O) groups excluding carboxylic acids is 2. The Bertz CT molecular complexity index is 1200. The number of hydrogen-bond donors (Lipinski definition) is 0. The molecule has 0 fully saturated rings. The molecule has 0 bridgehead atoms. The SMILES string of the molecule is COCCn1c(C)cc(C(=O)COC(=O)/C=C/c2c(C)nn(Cc3ccc(C)cc3)c2C)c1C. The van der Waals surface area contributed by atoms with E-state index in [-0.39, 0.29) is 12.4 Å². The summed E-state index contributed by atoms with van der Waals surface area (Å²) < 4.78 is 14.3.